The number of anilines is 4. The lowest BCUT2D eigenvalue weighted by molar-refractivity contribution is -0.136. The van der Waals surface area contributed by atoms with Crippen LogP contribution >= 0.6 is 11.6 Å². The number of piperazine rings is 1. The maximum Gasteiger partial charge on any atom is 0.264 e. The predicted molar refractivity (Wildman–Crippen MR) is 261 cm³/mol. The van der Waals surface area contributed by atoms with Gasteiger partial charge in [0.2, 0.25) is 29.5 Å². The molecule has 0 bridgehead atoms. The van der Waals surface area contributed by atoms with Crippen LogP contribution in [0, 0.1) is 5.82 Å². The van der Waals surface area contributed by atoms with E-state index in [-0.39, 0.29) is 79.3 Å². The summed E-state index contributed by atoms with van der Waals surface area (Å²) in [7, 11) is 1.51. The zero-order valence-corrected chi connectivity index (χ0v) is 39.9. The van der Waals surface area contributed by atoms with Gasteiger partial charge in [0.25, 0.3) is 11.8 Å². The average Bonchev–Trinajstić information content (AvgIpc) is 3.62. The molecule has 7 amide bonds. The number of imide groups is 2. The molecule has 71 heavy (non-hydrogen) atoms. The van der Waals surface area contributed by atoms with Gasteiger partial charge in [-0.15, -0.1) is 0 Å². The fourth-order valence-electron chi connectivity index (χ4n) is 9.20. The molecule has 4 aliphatic heterocycles. The number of aromatic nitrogens is 2. The summed E-state index contributed by atoms with van der Waals surface area (Å²) in [5, 5.41) is 14.7. The van der Waals surface area contributed by atoms with E-state index >= 15 is 0 Å². The standard InChI is InChI=1S/C49H55ClFN11O9/c1-70-40-28-37-33(46(55-29-54-37)56-30-7-8-35(51)34(50)26-30)27-38(40)57-42(64)6-3-17-59-18-13-31(14-19-59)60-20-22-61(23-21-60)44(66)12-11-41(63)53-16-25-71-24-15-52-36-5-2-4-32-45(36)49(69)62(48(32)68)39-9-10-43(65)58-47(39)67/h2-8,26-29,31,39,52H,9-25H2,1H3,(H,53,63)(H,57,64)(H,54,55,56)(H,58,65,67)/b6-3+. The number of likely N-dealkylation sites (tertiary alicyclic amines) is 1. The number of nitrogens with one attached hydrogen (secondary N) is 5. The van der Waals surface area contributed by atoms with Crippen molar-refractivity contribution in [3.63, 3.8) is 0 Å². The highest BCUT2D eigenvalue weighted by Crippen LogP contribution is 2.35. The molecule has 5 heterocycles. The number of hydrogen-bond acceptors (Lipinski definition) is 15. The largest absolute Gasteiger partial charge is 0.494 e. The lowest BCUT2D eigenvalue weighted by atomic mass is 10.0. The van der Waals surface area contributed by atoms with Crippen LogP contribution in [0.4, 0.5) is 27.3 Å². The molecule has 8 rings (SSSR count). The summed E-state index contributed by atoms with van der Waals surface area (Å²) in [6.45, 7) is 6.10. The van der Waals surface area contributed by atoms with Crippen molar-refractivity contribution in [1.29, 1.82) is 0 Å². The molecule has 3 saturated heterocycles. The number of carbonyl (C=O) groups is 7. The third kappa shape index (κ3) is 12.3. The van der Waals surface area contributed by atoms with E-state index in [9.17, 15) is 38.0 Å². The van der Waals surface area contributed by atoms with Gasteiger partial charge in [-0.1, -0.05) is 23.7 Å². The Bertz CT molecular complexity index is 2730. The van der Waals surface area contributed by atoms with Crippen LogP contribution in [0.3, 0.4) is 0 Å². The molecule has 1 atom stereocenters. The van der Waals surface area contributed by atoms with Gasteiger partial charge >= 0.3 is 0 Å². The second-order valence-corrected chi connectivity index (χ2v) is 17.9. The maximum absolute atomic E-state index is 13.7. The van der Waals surface area contributed by atoms with Gasteiger partial charge in [-0.25, -0.2) is 14.4 Å². The van der Waals surface area contributed by atoms with Crippen molar-refractivity contribution in [3.05, 3.63) is 89.0 Å². The predicted octanol–water partition coefficient (Wildman–Crippen LogP) is 3.70. The van der Waals surface area contributed by atoms with Crippen LogP contribution < -0.4 is 31.3 Å². The minimum Gasteiger partial charge on any atom is -0.494 e. The number of fused-ring (bicyclic) bond motifs is 2. The normalized spacial score (nSPS) is 17.9. The Kier molecular flexibility index (Phi) is 16.5. The topological polar surface area (TPSA) is 237 Å². The molecule has 3 fully saturated rings. The first kappa shape index (κ1) is 50.3. The first-order valence-electron chi connectivity index (χ1n) is 23.6. The molecule has 0 radical (unpaired) electrons. The number of methoxy groups -OCH3 is 1. The smallest absolute Gasteiger partial charge is 0.264 e. The van der Waals surface area contributed by atoms with Crippen LogP contribution in [0.2, 0.25) is 5.02 Å². The van der Waals surface area contributed by atoms with E-state index in [4.69, 9.17) is 21.1 Å². The number of halogens is 2. The van der Waals surface area contributed by atoms with E-state index in [2.05, 4.69) is 46.4 Å². The van der Waals surface area contributed by atoms with E-state index < -0.39 is 35.5 Å². The highest BCUT2D eigenvalue weighted by molar-refractivity contribution is 6.31. The minimum absolute atomic E-state index is 0.0321. The van der Waals surface area contributed by atoms with Crippen LogP contribution in [-0.2, 0) is 28.7 Å². The second-order valence-electron chi connectivity index (χ2n) is 17.5. The Labute approximate surface area is 413 Å². The summed E-state index contributed by atoms with van der Waals surface area (Å²) in [5.41, 5.74) is 2.30. The highest BCUT2D eigenvalue weighted by Gasteiger charge is 2.45. The van der Waals surface area contributed by atoms with Crippen LogP contribution in [-0.4, -0.2) is 162 Å². The summed E-state index contributed by atoms with van der Waals surface area (Å²) < 4.78 is 24.9. The molecule has 1 aromatic heterocycles. The van der Waals surface area contributed by atoms with E-state index in [0.29, 0.717) is 71.8 Å². The van der Waals surface area contributed by atoms with Gasteiger partial charge in [-0.2, -0.15) is 0 Å². The SMILES string of the molecule is COc1cc2ncnc(Nc3ccc(F)c(Cl)c3)c2cc1NC(=O)/C=C/CN1CCC(N2CCN(C(=O)CCC(=O)NCCOCCNc3cccc4c3C(=O)N(C3CCC(=O)NC3=O)C4=O)CC2)CC1. The van der Waals surface area contributed by atoms with E-state index in [1.807, 2.05) is 11.0 Å². The first-order chi connectivity index (χ1) is 34.4. The Morgan fingerprint density at radius 3 is 2.45 bits per heavy atom. The Hall–Kier alpha value is -7.07. The lowest BCUT2D eigenvalue weighted by Gasteiger charge is -2.42. The molecule has 4 aliphatic rings. The number of nitrogens with zero attached hydrogens (tertiary/aromatic N) is 6. The van der Waals surface area contributed by atoms with Gasteiger partial charge in [0, 0.05) is 100 Å². The van der Waals surface area contributed by atoms with Crippen molar-refractivity contribution >= 4 is 86.7 Å². The third-order valence-electron chi connectivity index (χ3n) is 12.9. The fraction of sp³-hybridized carbons (Fsp3) is 0.408. The van der Waals surface area contributed by atoms with Gasteiger partial charge in [0.05, 0.1) is 47.7 Å². The summed E-state index contributed by atoms with van der Waals surface area (Å²) in [6, 6.07) is 11.8. The lowest BCUT2D eigenvalue weighted by Crippen LogP contribution is -2.54. The van der Waals surface area contributed by atoms with E-state index in [1.165, 1.54) is 37.7 Å². The van der Waals surface area contributed by atoms with Crippen molar-refractivity contribution in [2.45, 2.75) is 50.6 Å². The molecule has 5 N–H and O–H groups in total. The molecule has 22 heteroatoms. The van der Waals surface area contributed by atoms with E-state index in [1.54, 1.807) is 30.3 Å². The first-order valence-corrected chi connectivity index (χ1v) is 23.9. The van der Waals surface area contributed by atoms with Gasteiger partial charge < -0.3 is 35.6 Å². The summed E-state index contributed by atoms with van der Waals surface area (Å²) in [5.74, 6) is -2.60. The van der Waals surface area contributed by atoms with Crippen molar-refractivity contribution < 1.29 is 47.4 Å². The van der Waals surface area contributed by atoms with Crippen molar-refractivity contribution in [3.8, 4) is 5.75 Å². The van der Waals surface area contributed by atoms with Crippen LogP contribution in [0.5, 0.6) is 5.75 Å². The molecule has 3 aromatic carbocycles. The molecular formula is C49H55ClFN11O9. The van der Waals surface area contributed by atoms with Crippen LogP contribution in [0.25, 0.3) is 10.9 Å². The van der Waals surface area contributed by atoms with Crippen LogP contribution in [0.15, 0.2) is 67.0 Å². The zero-order chi connectivity index (χ0) is 50.0. The molecule has 20 nitrogen and oxygen atoms in total. The molecule has 1 unspecified atom stereocenters. The number of ether oxygens (including phenoxy) is 2. The Balaban J connectivity index is 0.682. The summed E-state index contributed by atoms with van der Waals surface area (Å²) in [6.07, 6.45) is 6.96. The van der Waals surface area contributed by atoms with E-state index in [0.717, 1.165) is 43.9 Å². The molecule has 0 aliphatic carbocycles. The second kappa shape index (κ2) is 23.2. The van der Waals surface area contributed by atoms with Gasteiger partial charge in [0.15, 0.2) is 0 Å². The fourth-order valence-corrected chi connectivity index (χ4v) is 9.38. The summed E-state index contributed by atoms with van der Waals surface area (Å²) >= 11 is 5.97. The van der Waals surface area contributed by atoms with Gasteiger partial charge in [0.1, 0.15) is 29.8 Å². The number of piperidine rings is 2. The van der Waals surface area contributed by atoms with Crippen molar-refractivity contribution in [1.82, 2.24) is 40.2 Å². The van der Waals surface area contributed by atoms with Crippen molar-refractivity contribution in [2.75, 3.05) is 95.2 Å². The van der Waals surface area contributed by atoms with Crippen molar-refractivity contribution in [2.24, 2.45) is 0 Å². The molecule has 374 valence electrons. The molecule has 0 spiro atoms. The van der Waals surface area contributed by atoms with Gasteiger partial charge in [-0.05, 0) is 68.8 Å². The number of carbonyl (C=O) groups excluding carboxylic acids is 7. The quantitative estimate of drug-likeness (QED) is 0.0512. The third-order valence-corrected chi connectivity index (χ3v) is 13.2. The molecular weight excluding hydrogens is 941 g/mol. The Morgan fingerprint density at radius 2 is 1.69 bits per heavy atom. The molecule has 0 saturated carbocycles. The minimum atomic E-state index is -1.05. The number of rotatable bonds is 19. The number of hydrogen-bond donors (Lipinski definition) is 5. The monoisotopic (exact) mass is 995 g/mol. The number of amides is 7. The maximum atomic E-state index is 13.7. The van der Waals surface area contributed by atoms with Gasteiger partial charge in [-0.3, -0.25) is 53.6 Å². The zero-order valence-electron chi connectivity index (χ0n) is 39.1. The van der Waals surface area contributed by atoms with Crippen LogP contribution in [0.1, 0.15) is 59.2 Å². The highest BCUT2D eigenvalue weighted by atomic mass is 35.5. The Morgan fingerprint density at radius 1 is 0.901 bits per heavy atom. The summed E-state index contributed by atoms with van der Waals surface area (Å²) in [4.78, 5) is 105. The average molecular weight is 996 g/mol. The molecule has 4 aromatic rings. The number of benzene rings is 3.